The van der Waals surface area contributed by atoms with Crippen molar-refractivity contribution in [1.29, 1.82) is 0 Å². The summed E-state index contributed by atoms with van der Waals surface area (Å²) in [7, 11) is 3.75. The van der Waals surface area contributed by atoms with Crippen LogP contribution in [0.2, 0.25) is 0 Å². The molecule has 2 N–H and O–H groups in total. The minimum atomic E-state index is -0.199. The average molecular weight is 373 g/mol. The average Bonchev–Trinajstić information content (AvgIpc) is 2.47. The molecule has 0 spiro atoms. The van der Waals surface area contributed by atoms with E-state index in [1.54, 1.807) is 25.3 Å². The summed E-state index contributed by atoms with van der Waals surface area (Å²) in [6.45, 7) is 3.81. The number of quaternary nitrogens is 1. The molecule has 1 heterocycles. The van der Waals surface area contributed by atoms with Crippen molar-refractivity contribution in [2.24, 2.45) is 0 Å². The number of rotatable bonds is 2. The van der Waals surface area contributed by atoms with Gasteiger partial charge in [-0.05, 0) is 46.3 Å². The Bertz CT molecular complexity index is 545. The third-order valence-electron chi connectivity index (χ3n) is 3.54. The highest BCUT2D eigenvalue weighted by molar-refractivity contribution is 9.10. The number of nitrogens with one attached hydrogen (secondary N) is 2. The van der Waals surface area contributed by atoms with E-state index in [0.717, 1.165) is 30.7 Å². The monoisotopic (exact) mass is 372 g/mol. The molecule has 1 saturated heterocycles. The highest BCUT2D eigenvalue weighted by atomic mass is 79.9. The number of nitrogens with zero attached hydrogens (tertiary/aromatic N) is 1. The number of hydrogen-bond acceptors (Lipinski definition) is 3. The van der Waals surface area contributed by atoms with Gasteiger partial charge in [0.05, 0.1) is 44.8 Å². The number of hydrogen-bond donors (Lipinski definition) is 2. The van der Waals surface area contributed by atoms with Crippen molar-refractivity contribution in [3.8, 4) is 5.75 Å². The van der Waals surface area contributed by atoms with Crippen molar-refractivity contribution < 1.29 is 14.4 Å². The van der Waals surface area contributed by atoms with Crippen LogP contribution in [-0.2, 0) is 0 Å². The Labute approximate surface area is 138 Å². The van der Waals surface area contributed by atoms with E-state index in [0.29, 0.717) is 16.4 Å². The topological polar surface area (TPSA) is 46.0 Å². The van der Waals surface area contributed by atoms with E-state index in [1.807, 2.05) is 4.90 Å². The SMILES string of the molecule is COc1ccc(C(=O)NC(=S)N2CC[NH+](C)CC2)cc1Br. The Hall–Kier alpha value is -1.18. The molecule has 1 aliphatic heterocycles. The predicted molar refractivity (Wildman–Crippen MR) is 89.0 cm³/mol. The van der Waals surface area contributed by atoms with Gasteiger partial charge >= 0.3 is 0 Å². The predicted octanol–water partition coefficient (Wildman–Crippen LogP) is 0.303. The molecule has 0 unspecified atom stereocenters. The zero-order valence-electron chi connectivity index (χ0n) is 12.1. The molecule has 0 radical (unpaired) electrons. The molecule has 1 amide bonds. The second kappa shape index (κ2) is 7.20. The largest absolute Gasteiger partial charge is 0.496 e. The zero-order chi connectivity index (χ0) is 15.4. The molecule has 0 aromatic heterocycles. The fourth-order valence-electron chi connectivity index (χ4n) is 2.15. The van der Waals surface area contributed by atoms with E-state index in [9.17, 15) is 4.79 Å². The Morgan fingerprint density at radius 2 is 2.10 bits per heavy atom. The van der Waals surface area contributed by atoms with Gasteiger partial charge in [0.2, 0.25) is 0 Å². The smallest absolute Gasteiger partial charge is 0.257 e. The van der Waals surface area contributed by atoms with Gasteiger partial charge in [0.25, 0.3) is 5.91 Å². The fraction of sp³-hybridized carbons (Fsp3) is 0.429. The van der Waals surface area contributed by atoms with Crippen LogP contribution in [0.4, 0.5) is 0 Å². The molecule has 21 heavy (non-hydrogen) atoms. The third-order valence-corrected chi connectivity index (χ3v) is 4.52. The summed E-state index contributed by atoms with van der Waals surface area (Å²) >= 11 is 8.69. The van der Waals surface area contributed by atoms with Crippen molar-refractivity contribution in [2.75, 3.05) is 40.3 Å². The summed E-state index contributed by atoms with van der Waals surface area (Å²) in [5.74, 6) is 0.491. The molecule has 0 aliphatic carbocycles. The summed E-state index contributed by atoms with van der Waals surface area (Å²) in [6.07, 6.45) is 0. The zero-order valence-corrected chi connectivity index (χ0v) is 14.5. The Balaban J connectivity index is 1.97. The first-order valence-corrected chi connectivity index (χ1v) is 7.96. The molecule has 0 atom stereocenters. The van der Waals surface area contributed by atoms with Crippen molar-refractivity contribution >= 4 is 39.2 Å². The summed E-state index contributed by atoms with van der Waals surface area (Å²) < 4.78 is 5.89. The summed E-state index contributed by atoms with van der Waals surface area (Å²) in [5.41, 5.74) is 0.546. The van der Waals surface area contributed by atoms with Gasteiger partial charge in [-0.1, -0.05) is 0 Å². The van der Waals surface area contributed by atoms with E-state index in [1.165, 1.54) is 4.90 Å². The molecule has 1 aromatic rings. The van der Waals surface area contributed by atoms with Crippen LogP contribution < -0.4 is 15.0 Å². The molecule has 7 heteroatoms. The minimum Gasteiger partial charge on any atom is -0.496 e. The first-order chi connectivity index (χ1) is 10.0. The maximum absolute atomic E-state index is 12.2. The number of thiocarbonyl (C=S) groups is 1. The lowest BCUT2D eigenvalue weighted by atomic mass is 10.2. The molecule has 1 aromatic carbocycles. The molecular weight excluding hydrogens is 354 g/mol. The van der Waals surface area contributed by atoms with Crippen molar-refractivity contribution in [3.63, 3.8) is 0 Å². The van der Waals surface area contributed by atoms with E-state index in [-0.39, 0.29) is 5.91 Å². The van der Waals surface area contributed by atoms with E-state index in [4.69, 9.17) is 17.0 Å². The maximum Gasteiger partial charge on any atom is 0.257 e. The highest BCUT2D eigenvalue weighted by Crippen LogP contribution is 2.25. The van der Waals surface area contributed by atoms with Crippen molar-refractivity contribution in [2.45, 2.75) is 0 Å². The van der Waals surface area contributed by atoms with Gasteiger partial charge in [0, 0.05) is 5.56 Å². The van der Waals surface area contributed by atoms with Gasteiger partial charge in [-0.2, -0.15) is 0 Å². The molecule has 2 rings (SSSR count). The Morgan fingerprint density at radius 3 is 2.67 bits per heavy atom. The first kappa shape index (κ1) is 16.2. The number of carbonyl (C=O) groups is 1. The van der Waals surface area contributed by atoms with Gasteiger partial charge in [-0.25, -0.2) is 0 Å². The number of benzene rings is 1. The Kier molecular flexibility index (Phi) is 5.55. The fourth-order valence-corrected chi connectivity index (χ4v) is 2.96. The van der Waals surface area contributed by atoms with Crippen LogP contribution in [0, 0.1) is 0 Å². The third kappa shape index (κ3) is 4.15. The van der Waals surface area contributed by atoms with Crippen molar-refractivity contribution in [1.82, 2.24) is 10.2 Å². The van der Waals surface area contributed by atoms with Crippen LogP contribution in [0.25, 0.3) is 0 Å². The maximum atomic E-state index is 12.2. The standard InChI is InChI=1S/C14H18BrN3O2S/c1-17-5-7-18(8-6-17)14(21)16-13(19)10-3-4-12(20-2)11(15)9-10/h3-4,9H,5-8H2,1-2H3,(H,16,19,21)/p+1. The van der Waals surface area contributed by atoms with Crippen LogP contribution in [0.3, 0.4) is 0 Å². The second-order valence-electron chi connectivity index (χ2n) is 5.05. The molecule has 0 saturated carbocycles. The summed E-state index contributed by atoms with van der Waals surface area (Å²) in [5, 5.41) is 3.29. The van der Waals surface area contributed by atoms with Crippen LogP contribution in [-0.4, -0.2) is 56.3 Å². The van der Waals surface area contributed by atoms with Crippen LogP contribution >= 0.6 is 28.1 Å². The number of amides is 1. The first-order valence-electron chi connectivity index (χ1n) is 6.76. The molecule has 114 valence electrons. The number of piperazine rings is 1. The summed E-state index contributed by atoms with van der Waals surface area (Å²) in [4.78, 5) is 15.7. The minimum absolute atomic E-state index is 0.199. The molecule has 1 aliphatic rings. The number of methoxy groups -OCH3 is 1. The number of carbonyl (C=O) groups excluding carboxylic acids is 1. The Morgan fingerprint density at radius 1 is 1.43 bits per heavy atom. The van der Waals surface area contributed by atoms with Gasteiger partial charge < -0.3 is 14.5 Å². The summed E-state index contributed by atoms with van der Waals surface area (Å²) in [6, 6.07) is 5.20. The molecule has 0 bridgehead atoms. The lowest BCUT2D eigenvalue weighted by molar-refractivity contribution is -0.883. The normalized spacial score (nSPS) is 15.7. The van der Waals surface area contributed by atoms with Gasteiger partial charge in [0.15, 0.2) is 5.11 Å². The molecule has 5 nitrogen and oxygen atoms in total. The van der Waals surface area contributed by atoms with Gasteiger partial charge in [0.1, 0.15) is 5.75 Å². The number of likely N-dealkylation sites (N-methyl/N-ethyl adjacent to an activating group) is 1. The van der Waals surface area contributed by atoms with Crippen molar-refractivity contribution in [3.05, 3.63) is 28.2 Å². The van der Waals surface area contributed by atoms with E-state index >= 15 is 0 Å². The quantitative estimate of drug-likeness (QED) is 0.733. The van der Waals surface area contributed by atoms with E-state index < -0.39 is 0 Å². The highest BCUT2D eigenvalue weighted by Gasteiger charge is 2.20. The van der Waals surface area contributed by atoms with Gasteiger partial charge in [-0.15, -0.1) is 0 Å². The van der Waals surface area contributed by atoms with Crippen LogP contribution in [0.15, 0.2) is 22.7 Å². The number of ether oxygens (including phenoxy) is 1. The lowest BCUT2D eigenvalue weighted by Gasteiger charge is -2.31. The number of halogens is 1. The molecule has 1 fully saturated rings. The lowest BCUT2D eigenvalue weighted by Crippen LogP contribution is -3.12. The van der Waals surface area contributed by atoms with Crippen LogP contribution in [0.1, 0.15) is 10.4 Å². The second-order valence-corrected chi connectivity index (χ2v) is 6.29. The van der Waals surface area contributed by atoms with E-state index in [2.05, 4.69) is 28.3 Å². The van der Waals surface area contributed by atoms with Gasteiger partial charge in [-0.3, -0.25) is 10.1 Å². The molecular formula is C14H19BrN3O2S+. The van der Waals surface area contributed by atoms with Crippen LogP contribution in [0.5, 0.6) is 5.75 Å².